The van der Waals surface area contributed by atoms with E-state index < -0.39 is 0 Å². The van der Waals surface area contributed by atoms with Crippen molar-refractivity contribution < 1.29 is 13.9 Å². The second kappa shape index (κ2) is 7.34. The van der Waals surface area contributed by atoms with E-state index >= 15 is 0 Å². The molecule has 1 fully saturated rings. The molecule has 1 amide bonds. The van der Waals surface area contributed by atoms with Crippen LogP contribution in [-0.4, -0.2) is 45.9 Å². The summed E-state index contributed by atoms with van der Waals surface area (Å²) >= 11 is 0. The maximum atomic E-state index is 13.4. The largest absolute Gasteiger partial charge is 0.372 e. The molecule has 6 heteroatoms. The Balaban J connectivity index is 1.43. The van der Waals surface area contributed by atoms with Crippen LogP contribution in [0.4, 0.5) is 4.39 Å². The van der Waals surface area contributed by atoms with E-state index in [1.165, 1.54) is 28.8 Å². The molecule has 1 aliphatic heterocycles. The summed E-state index contributed by atoms with van der Waals surface area (Å²) in [5.41, 5.74) is 5.90. The molecule has 1 aromatic heterocycles. The summed E-state index contributed by atoms with van der Waals surface area (Å²) < 4.78 is 21.1. The van der Waals surface area contributed by atoms with Crippen molar-refractivity contribution in [3.63, 3.8) is 0 Å². The number of amides is 1. The Kier molecular flexibility index (Phi) is 4.77. The molecule has 0 radical (unpaired) electrons. The highest BCUT2D eigenvalue weighted by Gasteiger charge is 2.41. The molecule has 0 bridgehead atoms. The van der Waals surface area contributed by atoms with Crippen LogP contribution >= 0.6 is 0 Å². The Hall–Kier alpha value is -2.47. The molecule has 3 aliphatic rings. The first kappa shape index (κ1) is 19.5. The van der Waals surface area contributed by atoms with Crippen LogP contribution in [0, 0.1) is 11.7 Å². The molecule has 2 heterocycles. The van der Waals surface area contributed by atoms with E-state index in [2.05, 4.69) is 12.0 Å². The lowest BCUT2D eigenvalue weighted by molar-refractivity contribution is -0.146. The summed E-state index contributed by atoms with van der Waals surface area (Å²) in [5, 5.41) is 4.61. The van der Waals surface area contributed by atoms with Crippen LogP contribution in [0.25, 0.3) is 5.69 Å². The molecular weight excluding hydrogens is 381 g/mol. The zero-order chi connectivity index (χ0) is 21.0. The molecule has 30 heavy (non-hydrogen) atoms. The van der Waals surface area contributed by atoms with Crippen LogP contribution in [0.3, 0.4) is 0 Å². The summed E-state index contributed by atoms with van der Waals surface area (Å²) in [4.78, 5) is 15.4. The van der Waals surface area contributed by atoms with Gasteiger partial charge in [-0.25, -0.2) is 9.07 Å². The van der Waals surface area contributed by atoms with Gasteiger partial charge in [0.25, 0.3) is 0 Å². The number of ether oxygens (including phenoxy) is 1. The van der Waals surface area contributed by atoms with Gasteiger partial charge in [0.1, 0.15) is 5.82 Å². The van der Waals surface area contributed by atoms with Gasteiger partial charge in [0.15, 0.2) is 0 Å². The van der Waals surface area contributed by atoms with Gasteiger partial charge in [0.2, 0.25) is 5.91 Å². The fourth-order valence-corrected chi connectivity index (χ4v) is 5.60. The van der Waals surface area contributed by atoms with E-state index in [0.29, 0.717) is 13.1 Å². The molecule has 1 saturated heterocycles. The van der Waals surface area contributed by atoms with E-state index in [1.54, 1.807) is 12.1 Å². The van der Waals surface area contributed by atoms with Gasteiger partial charge < -0.3 is 9.64 Å². The van der Waals surface area contributed by atoms with Crippen LogP contribution in [0.2, 0.25) is 0 Å². The maximum absolute atomic E-state index is 13.4. The number of allylic oxidation sites excluding steroid dienone is 1. The first-order chi connectivity index (χ1) is 14.4. The number of rotatable bonds is 2. The lowest BCUT2D eigenvalue weighted by Gasteiger charge is -2.37. The Morgan fingerprint density at radius 1 is 1.13 bits per heavy atom. The minimum absolute atomic E-state index is 0.0326. The monoisotopic (exact) mass is 409 g/mol. The average molecular weight is 410 g/mol. The van der Waals surface area contributed by atoms with Gasteiger partial charge in [-0.2, -0.15) is 5.10 Å². The zero-order valence-corrected chi connectivity index (χ0v) is 17.8. The van der Waals surface area contributed by atoms with Crippen LogP contribution in [0.15, 0.2) is 41.6 Å². The number of benzene rings is 1. The summed E-state index contributed by atoms with van der Waals surface area (Å²) in [6, 6.07) is 6.46. The molecule has 0 spiro atoms. The van der Waals surface area contributed by atoms with Crippen molar-refractivity contribution in [2.75, 3.05) is 13.1 Å². The first-order valence-corrected chi connectivity index (χ1v) is 10.9. The van der Waals surface area contributed by atoms with Crippen molar-refractivity contribution in [2.45, 2.75) is 58.2 Å². The normalized spacial score (nSPS) is 28.5. The van der Waals surface area contributed by atoms with Gasteiger partial charge in [-0.3, -0.25) is 4.79 Å². The molecule has 158 valence electrons. The molecule has 4 atom stereocenters. The topological polar surface area (TPSA) is 47.4 Å². The third-order valence-corrected chi connectivity index (χ3v) is 6.83. The summed E-state index contributed by atoms with van der Waals surface area (Å²) in [6.45, 7) is 7.61. The van der Waals surface area contributed by atoms with E-state index in [0.717, 1.165) is 30.6 Å². The number of fused-ring (bicyclic) bond motifs is 1. The van der Waals surface area contributed by atoms with Gasteiger partial charge in [-0.05, 0) is 51.0 Å². The number of nitrogens with zero attached hydrogens (tertiary/aromatic N) is 3. The van der Waals surface area contributed by atoms with Crippen molar-refractivity contribution in [1.82, 2.24) is 14.7 Å². The Labute approximate surface area is 176 Å². The van der Waals surface area contributed by atoms with Crippen molar-refractivity contribution in [3.05, 3.63) is 58.7 Å². The van der Waals surface area contributed by atoms with Crippen molar-refractivity contribution in [3.8, 4) is 5.69 Å². The minimum Gasteiger partial charge on any atom is -0.372 e. The second-order valence-corrected chi connectivity index (χ2v) is 8.98. The van der Waals surface area contributed by atoms with E-state index in [9.17, 15) is 9.18 Å². The molecule has 2 unspecified atom stereocenters. The molecule has 0 N–H and O–H groups in total. The molecule has 2 aromatic rings. The number of hydrogen-bond donors (Lipinski definition) is 0. The van der Waals surface area contributed by atoms with Gasteiger partial charge in [-0.15, -0.1) is 0 Å². The molecule has 1 aromatic carbocycles. The van der Waals surface area contributed by atoms with Crippen molar-refractivity contribution in [2.24, 2.45) is 5.92 Å². The smallest absolute Gasteiger partial charge is 0.229 e. The fraction of sp³-hybridized carbons (Fsp3) is 0.500. The van der Waals surface area contributed by atoms with E-state index in [1.807, 2.05) is 29.6 Å². The summed E-state index contributed by atoms with van der Waals surface area (Å²) in [7, 11) is 0. The van der Waals surface area contributed by atoms with Crippen LogP contribution in [0.5, 0.6) is 0 Å². The zero-order valence-electron chi connectivity index (χ0n) is 17.8. The SMILES string of the molecule is CC1CN(C(=O)[C@@H]2CCC3=C2[C@@H](C)c2cnn(-c4ccc(F)cc4)c2C3)CC(C)O1. The number of carbonyl (C=O) groups excluding carboxylic acids is 1. The van der Waals surface area contributed by atoms with Gasteiger partial charge in [-0.1, -0.05) is 18.1 Å². The van der Waals surface area contributed by atoms with E-state index in [-0.39, 0.29) is 35.8 Å². The van der Waals surface area contributed by atoms with Crippen LogP contribution in [-0.2, 0) is 16.0 Å². The molecule has 0 saturated carbocycles. The molecule has 2 aliphatic carbocycles. The lowest BCUT2D eigenvalue weighted by atomic mass is 9.79. The highest BCUT2D eigenvalue weighted by Crippen LogP contribution is 2.47. The Morgan fingerprint density at radius 2 is 1.83 bits per heavy atom. The number of hydrogen-bond acceptors (Lipinski definition) is 3. The lowest BCUT2D eigenvalue weighted by Crippen LogP contribution is -2.50. The summed E-state index contributed by atoms with van der Waals surface area (Å²) in [6.07, 6.45) is 4.74. The number of aromatic nitrogens is 2. The summed E-state index contributed by atoms with van der Waals surface area (Å²) in [5.74, 6) is 0.144. The van der Waals surface area contributed by atoms with Crippen molar-refractivity contribution >= 4 is 5.91 Å². The quantitative estimate of drug-likeness (QED) is 0.704. The first-order valence-electron chi connectivity index (χ1n) is 10.9. The standard InChI is InChI=1S/C24H28FN3O2/c1-14-12-27(13-15(2)30-14)24(29)20-9-4-17-10-22-21(16(3)23(17)20)11-26-28(22)19-7-5-18(25)6-8-19/h5-8,11,14-16,20H,4,9-10,12-13H2,1-3H3/t14?,15?,16-,20+/m0/s1. The number of halogens is 1. The number of carbonyl (C=O) groups is 1. The van der Waals surface area contributed by atoms with Gasteiger partial charge >= 0.3 is 0 Å². The second-order valence-electron chi connectivity index (χ2n) is 8.98. The third kappa shape index (κ3) is 3.18. The third-order valence-electron chi connectivity index (χ3n) is 6.83. The van der Waals surface area contributed by atoms with Gasteiger partial charge in [0, 0.05) is 31.0 Å². The molecule has 5 nitrogen and oxygen atoms in total. The maximum Gasteiger partial charge on any atom is 0.229 e. The van der Waals surface area contributed by atoms with Crippen LogP contribution < -0.4 is 0 Å². The predicted octanol–water partition coefficient (Wildman–Crippen LogP) is 4.01. The molecular formula is C24H28FN3O2. The fourth-order valence-electron chi connectivity index (χ4n) is 5.60. The molecule has 5 rings (SSSR count). The average Bonchev–Trinajstić information content (AvgIpc) is 3.32. The minimum atomic E-state index is -0.248. The highest BCUT2D eigenvalue weighted by molar-refractivity contribution is 5.83. The predicted molar refractivity (Wildman–Crippen MR) is 112 cm³/mol. The Bertz CT molecular complexity index is 1000. The van der Waals surface area contributed by atoms with Crippen LogP contribution in [0.1, 0.15) is 50.8 Å². The van der Waals surface area contributed by atoms with Crippen molar-refractivity contribution in [1.29, 1.82) is 0 Å². The van der Waals surface area contributed by atoms with E-state index in [4.69, 9.17) is 4.74 Å². The highest BCUT2D eigenvalue weighted by atomic mass is 19.1. The Morgan fingerprint density at radius 3 is 2.53 bits per heavy atom. The van der Waals surface area contributed by atoms with Gasteiger partial charge in [0.05, 0.1) is 35.7 Å². The number of morpholine rings is 1.